The third kappa shape index (κ3) is 3.10. The van der Waals surface area contributed by atoms with E-state index >= 15 is 0 Å². The van der Waals surface area contributed by atoms with Crippen molar-refractivity contribution in [3.8, 4) is 0 Å². The fraction of sp³-hybridized carbons (Fsp3) is 0.353. The number of aliphatic hydroxyl groups excluding tert-OH is 3. The molecule has 1 aromatic carbocycles. The number of ether oxygens (including phenoxy) is 1. The van der Waals surface area contributed by atoms with Gasteiger partial charge in [-0.1, -0.05) is 12.1 Å². The van der Waals surface area contributed by atoms with Crippen molar-refractivity contribution in [3.63, 3.8) is 0 Å². The van der Waals surface area contributed by atoms with E-state index in [-0.39, 0.29) is 5.69 Å². The number of benzene rings is 1. The van der Waals surface area contributed by atoms with Gasteiger partial charge in [0, 0.05) is 18.6 Å². The van der Waals surface area contributed by atoms with Crippen molar-refractivity contribution in [3.05, 3.63) is 58.3 Å². The fourth-order valence-electron chi connectivity index (χ4n) is 3.25. The summed E-state index contributed by atoms with van der Waals surface area (Å²) in [6, 6.07) is 6.14. The molecule has 1 fully saturated rings. The molecule has 11 heteroatoms. The predicted octanol–water partition coefficient (Wildman–Crippen LogP) is -0.0632. The number of nitrogens with zero attached hydrogens (tertiary/aromatic N) is 5. The minimum atomic E-state index is -1.25. The second-order valence-corrected chi connectivity index (χ2v) is 6.47. The lowest BCUT2D eigenvalue weighted by atomic mass is 10.1. The molecule has 3 heterocycles. The van der Waals surface area contributed by atoms with Gasteiger partial charge in [0.25, 0.3) is 5.69 Å². The minimum Gasteiger partial charge on any atom is -0.394 e. The summed E-state index contributed by atoms with van der Waals surface area (Å²) in [5, 5.41) is 40.2. The number of aliphatic hydroxyl groups is 3. The summed E-state index contributed by atoms with van der Waals surface area (Å²) < 4.78 is 7.02. The van der Waals surface area contributed by atoms with E-state index in [1.807, 2.05) is 0 Å². The van der Waals surface area contributed by atoms with Crippen LogP contribution >= 0.6 is 0 Å². The molecule has 1 aliphatic rings. The zero-order chi connectivity index (χ0) is 19.8. The Morgan fingerprint density at radius 2 is 1.89 bits per heavy atom. The predicted molar refractivity (Wildman–Crippen MR) is 94.2 cm³/mol. The maximum atomic E-state index is 10.8. The molecule has 0 radical (unpaired) electrons. The summed E-state index contributed by atoms with van der Waals surface area (Å²) in [4.78, 5) is 23.1. The Balaban J connectivity index is 1.65. The van der Waals surface area contributed by atoms with E-state index in [2.05, 4.69) is 15.0 Å². The molecule has 4 atom stereocenters. The number of fused-ring (bicyclic) bond motifs is 1. The minimum absolute atomic E-state index is 0.00484. The van der Waals surface area contributed by atoms with Crippen LogP contribution in [0.2, 0.25) is 0 Å². The highest BCUT2D eigenvalue weighted by Crippen LogP contribution is 2.31. The summed E-state index contributed by atoms with van der Waals surface area (Å²) in [5.74, 6) is 0. The topological polar surface area (TPSA) is 157 Å². The van der Waals surface area contributed by atoms with E-state index in [0.29, 0.717) is 23.3 Å². The lowest BCUT2D eigenvalue weighted by Crippen LogP contribution is -2.33. The normalized spacial score (nSPS) is 24.7. The van der Waals surface area contributed by atoms with Crippen molar-refractivity contribution in [2.45, 2.75) is 31.0 Å². The second-order valence-electron chi connectivity index (χ2n) is 6.47. The highest BCUT2D eigenvalue weighted by atomic mass is 16.6. The van der Waals surface area contributed by atoms with Crippen molar-refractivity contribution in [2.24, 2.45) is 0 Å². The highest BCUT2D eigenvalue weighted by molar-refractivity contribution is 5.73. The molecule has 4 rings (SSSR count). The number of nitro groups is 1. The Morgan fingerprint density at radius 1 is 1.14 bits per heavy atom. The number of aromatic nitrogens is 4. The van der Waals surface area contributed by atoms with Gasteiger partial charge in [-0.05, 0) is 5.56 Å². The number of hydrogen-bond donors (Lipinski definition) is 3. The van der Waals surface area contributed by atoms with Gasteiger partial charge in [-0.15, -0.1) is 0 Å². The number of hydrogen-bond acceptors (Lipinski definition) is 9. The molecule has 3 N–H and O–H groups in total. The molecule has 0 saturated carbocycles. The quantitative estimate of drug-likeness (QED) is 0.403. The van der Waals surface area contributed by atoms with E-state index in [9.17, 15) is 25.4 Å². The maximum absolute atomic E-state index is 10.8. The molecule has 0 aliphatic carbocycles. The van der Waals surface area contributed by atoms with Crippen molar-refractivity contribution in [1.29, 1.82) is 0 Å². The fourth-order valence-corrected chi connectivity index (χ4v) is 3.25. The van der Waals surface area contributed by atoms with Crippen LogP contribution in [0.1, 0.15) is 17.5 Å². The van der Waals surface area contributed by atoms with Gasteiger partial charge < -0.3 is 20.1 Å². The lowest BCUT2D eigenvalue weighted by molar-refractivity contribution is -0.384. The number of rotatable bonds is 5. The van der Waals surface area contributed by atoms with E-state index < -0.39 is 36.1 Å². The van der Waals surface area contributed by atoms with Gasteiger partial charge in [-0.3, -0.25) is 14.7 Å². The first kappa shape index (κ1) is 18.4. The molecular weight excluding hydrogens is 370 g/mol. The van der Waals surface area contributed by atoms with Crippen molar-refractivity contribution in [2.75, 3.05) is 6.61 Å². The van der Waals surface area contributed by atoms with Gasteiger partial charge in [0.15, 0.2) is 11.9 Å². The van der Waals surface area contributed by atoms with Crippen LogP contribution in [-0.2, 0) is 11.2 Å². The van der Waals surface area contributed by atoms with Gasteiger partial charge >= 0.3 is 0 Å². The second kappa shape index (κ2) is 7.20. The van der Waals surface area contributed by atoms with Crippen LogP contribution in [0.15, 0.2) is 36.9 Å². The van der Waals surface area contributed by atoms with Crippen LogP contribution in [0, 0.1) is 10.1 Å². The first-order chi connectivity index (χ1) is 13.5. The van der Waals surface area contributed by atoms with Crippen LogP contribution in [0.3, 0.4) is 0 Å². The Bertz CT molecular complexity index is 1010. The van der Waals surface area contributed by atoms with Crippen LogP contribution in [0.25, 0.3) is 11.2 Å². The summed E-state index contributed by atoms with van der Waals surface area (Å²) in [7, 11) is 0. The van der Waals surface area contributed by atoms with E-state index in [0.717, 1.165) is 5.56 Å². The van der Waals surface area contributed by atoms with E-state index in [4.69, 9.17) is 4.74 Å². The Kier molecular flexibility index (Phi) is 4.73. The maximum Gasteiger partial charge on any atom is 0.269 e. The lowest BCUT2D eigenvalue weighted by Gasteiger charge is -2.16. The van der Waals surface area contributed by atoms with Crippen molar-refractivity contribution in [1.82, 2.24) is 19.5 Å². The number of imidazole rings is 1. The van der Waals surface area contributed by atoms with Gasteiger partial charge in [0.2, 0.25) is 0 Å². The SMILES string of the molecule is O=[N+]([O-])c1ccc(Cc2ncnc3c2ncn3[C@H]2O[C@@H](CO)[C@@H](O)[C@@H]2O)cc1. The monoisotopic (exact) mass is 387 g/mol. The average molecular weight is 387 g/mol. The van der Waals surface area contributed by atoms with Gasteiger partial charge in [-0.2, -0.15) is 0 Å². The van der Waals surface area contributed by atoms with Crippen molar-refractivity contribution < 1.29 is 25.0 Å². The van der Waals surface area contributed by atoms with E-state index in [1.165, 1.54) is 29.4 Å². The van der Waals surface area contributed by atoms with Crippen LogP contribution < -0.4 is 0 Å². The molecular formula is C17H17N5O6. The molecule has 11 nitrogen and oxygen atoms in total. The zero-order valence-corrected chi connectivity index (χ0v) is 14.5. The molecule has 146 valence electrons. The zero-order valence-electron chi connectivity index (χ0n) is 14.5. The molecule has 0 bridgehead atoms. The first-order valence-electron chi connectivity index (χ1n) is 8.51. The number of nitro benzene ring substituents is 1. The standard InChI is InChI=1S/C17H17N5O6/c23-6-12-14(24)15(25)17(28-12)21-8-20-13-11(18-7-19-16(13)21)5-9-1-3-10(4-2-9)22(26)27/h1-4,7-8,12,14-15,17,23-25H,5-6H2/t12-,14+,15-,17-/m0/s1. The molecule has 2 aromatic heterocycles. The van der Waals surface area contributed by atoms with Gasteiger partial charge in [0.05, 0.1) is 23.6 Å². The van der Waals surface area contributed by atoms with Crippen LogP contribution in [-0.4, -0.2) is 64.7 Å². The van der Waals surface area contributed by atoms with Crippen molar-refractivity contribution >= 4 is 16.9 Å². The van der Waals surface area contributed by atoms with Gasteiger partial charge in [-0.25, -0.2) is 15.0 Å². The summed E-state index contributed by atoms with van der Waals surface area (Å²) >= 11 is 0. The summed E-state index contributed by atoms with van der Waals surface area (Å²) in [6.45, 7) is -0.429. The smallest absolute Gasteiger partial charge is 0.269 e. The van der Waals surface area contributed by atoms with Gasteiger partial charge in [0.1, 0.15) is 30.2 Å². The molecule has 0 unspecified atom stereocenters. The summed E-state index contributed by atoms with van der Waals surface area (Å²) in [5.41, 5.74) is 2.31. The molecule has 1 aliphatic heterocycles. The first-order valence-corrected chi connectivity index (χ1v) is 8.51. The molecule has 3 aromatic rings. The van der Waals surface area contributed by atoms with Crippen LogP contribution in [0.4, 0.5) is 5.69 Å². The Morgan fingerprint density at radius 3 is 2.54 bits per heavy atom. The number of non-ortho nitro benzene ring substituents is 1. The molecule has 28 heavy (non-hydrogen) atoms. The largest absolute Gasteiger partial charge is 0.394 e. The summed E-state index contributed by atoms with van der Waals surface area (Å²) in [6.07, 6.45) is -1.17. The Labute approximate surface area is 158 Å². The average Bonchev–Trinajstić information content (AvgIpc) is 3.24. The third-order valence-electron chi connectivity index (χ3n) is 4.74. The third-order valence-corrected chi connectivity index (χ3v) is 4.74. The molecule has 0 spiro atoms. The highest BCUT2D eigenvalue weighted by Gasteiger charge is 2.44. The molecule has 0 amide bonds. The van der Waals surface area contributed by atoms with Crippen LogP contribution in [0.5, 0.6) is 0 Å². The van der Waals surface area contributed by atoms with E-state index in [1.54, 1.807) is 12.1 Å². The molecule has 1 saturated heterocycles. The Hall–Kier alpha value is -2.99.